The third-order valence-corrected chi connectivity index (χ3v) is 1.19. The molecule has 0 bridgehead atoms. The molecule has 1 atom stereocenters. The number of dihydropyridines is 1. The third-order valence-electron chi connectivity index (χ3n) is 1.19. The molecule has 0 spiro atoms. The largest absolute Gasteiger partial charge is 0.376 e. The van der Waals surface area contributed by atoms with Crippen LogP contribution in [-0.4, -0.2) is 29.3 Å². The fourth-order valence-corrected chi connectivity index (χ4v) is 0.787. The predicted octanol–water partition coefficient (Wildman–Crippen LogP) is 0.130. The van der Waals surface area contributed by atoms with Crippen molar-refractivity contribution in [3.05, 3.63) is 24.4 Å². The summed E-state index contributed by atoms with van der Waals surface area (Å²) in [5.74, 6) is 0. The van der Waals surface area contributed by atoms with E-state index in [1.807, 2.05) is 24.4 Å². The van der Waals surface area contributed by atoms with Crippen molar-refractivity contribution in [2.75, 3.05) is 7.05 Å². The van der Waals surface area contributed by atoms with Gasteiger partial charge >= 0.3 is 0 Å². The molecule has 0 amide bonds. The lowest BCUT2D eigenvalue weighted by Gasteiger charge is -2.06. The van der Waals surface area contributed by atoms with Crippen molar-refractivity contribution in [3.8, 4) is 0 Å². The van der Waals surface area contributed by atoms with Gasteiger partial charge in [-0.25, -0.2) is 0 Å². The Morgan fingerprint density at radius 3 is 2.90 bits per heavy atom. The summed E-state index contributed by atoms with van der Waals surface area (Å²) in [6, 6.07) is 0.111. The first-order chi connectivity index (χ1) is 4.79. The number of rotatable bonds is 1. The van der Waals surface area contributed by atoms with Crippen molar-refractivity contribution in [1.82, 2.24) is 5.32 Å². The summed E-state index contributed by atoms with van der Waals surface area (Å²) in [6.45, 7) is 0. The highest BCUT2D eigenvalue weighted by atomic mass is 16.5. The smallest absolute Gasteiger partial charge is 0.218 e. The highest BCUT2D eigenvalue weighted by Crippen LogP contribution is 1.89. The second-order valence-electron chi connectivity index (χ2n) is 2.16. The molecule has 1 heterocycles. The molecule has 1 rings (SSSR count). The zero-order chi connectivity index (χ0) is 7.40. The van der Waals surface area contributed by atoms with Gasteiger partial charge < -0.3 is 5.32 Å². The van der Waals surface area contributed by atoms with E-state index < -0.39 is 0 Å². The number of allylic oxidation sites excluding steroid dienone is 2. The Hall–Kier alpha value is -1.25. The van der Waals surface area contributed by atoms with Gasteiger partial charge in [-0.05, 0) is 17.0 Å². The molecule has 3 heteroatoms. The van der Waals surface area contributed by atoms with Crippen LogP contribution in [0.25, 0.3) is 0 Å². The molecular formula is C7H11N2O+. The van der Waals surface area contributed by atoms with Crippen molar-refractivity contribution >= 4 is 6.21 Å². The van der Waals surface area contributed by atoms with Gasteiger partial charge in [0.25, 0.3) is 0 Å². The van der Waals surface area contributed by atoms with Crippen LogP contribution >= 0.6 is 0 Å². The summed E-state index contributed by atoms with van der Waals surface area (Å²) < 4.78 is 1.04. The summed E-state index contributed by atoms with van der Waals surface area (Å²) in [5.41, 5.74) is 0. The molecule has 0 saturated carbocycles. The van der Waals surface area contributed by atoms with E-state index in [9.17, 15) is 0 Å². The van der Waals surface area contributed by atoms with E-state index in [0.717, 1.165) is 4.74 Å². The maximum absolute atomic E-state index is 8.78. The first kappa shape index (κ1) is 6.86. The first-order valence-electron chi connectivity index (χ1n) is 3.15. The van der Waals surface area contributed by atoms with Crippen molar-refractivity contribution < 1.29 is 9.95 Å². The SMILES string of the molecule is C[N+](O)=CC1C=CC=CN1. The molecule has 2 N–H and O–H groups in total. The number of nitrogens with one attached hydrogen (secondary N) is 1. The van der Waals surface area contributed by atoms with Gasteiger partial charge in [0.15, 0.2) is 7.05 Å². The van der Waals surface area contributed by atoms with Gasteiger partial charge in [-0.2, -0.15) is 0 Å². The van der Waals surface area contributed by atoms with Crippen molar-refractivity contribution in [2.24, 2.45) is 0 Å². The van der Waals surface area contributed by atoms with E-state index in [4.69, 9.17) is 5.21 Å². The molecule has 0 aromatic rings. The predicted molar refractivity (Wildman–Crippen MR) is 39.2 cm³/mol. The van der Waals surface area contributed by atoms with Gasteiger partial charge in [-0.3, -0.25) is 5.21 Å². The van der Waals surface area contributed by atoms with Crippen LogP contribution in [0.15, 0.2) is 24.4 Å². The van der Waals surface area contributed by atoms with Crippen molar-refractivity contribution in [3.63, 3.8) is 0 Å². The molecule has 1 aliphatic rings. The molecule has 0 saturated heterocycles. The first-order valence-corrected chi connectivity index (χ1v) is 3.15. The Labute approximate surface area is 59.9 Å². The van der Waals surface area contributed by atoms with E-state index in [-0.39, 0.29) is 6.04 Å². The van der Waals surface area contributed by atoms with E-state index in [0.29, 0.717) is 0 Å². The number of nitrogens with zero attached hydrogens (tertiary/aromatic N) is 1. The molecule has 54 valence electrons. The summed E-state index contributed by atoms with van der Waals surface area (Å²) >= 11 is 0. The monoisotopic (exact) mass is 139 g/mol. The molecule has 0 fully saturated rings. The summed E-state index contributed by atoms with van der Waals surface area (Å²) in [4.78, 5) is 0. The average Bonchev–Trinajstić information content (AvgIpc) is 1.88. The second kappa shape index (κ2) is 3.06. The molecule has 1 unspecified atom stereocenters. The lowest BCUT2D eigenvalue weighted by molar-refractivity contribution is -0.752. The third kappa shape index (κ3) is 1.93. The van der Waals surface area contributed by atoms with Gasteiger partial charge in [0, 0.05) is 0 Å². The Kier molecular flexibility index (Phi) is 2.10. The highest BCUT2D eigenvalue weighted by molar-refractivity contribution is 5.62. The van der Waals surface area contributed by atoms with Crippen LogP contribution in [0.5, 0.6) is 0 Å². The molecule has 1 aliphatic heterocycles. The minimum atomic E-state index is 0.111. The lowest BCUT2D eigenvalue weighted by atomic mass is 10.2. The van der Waals surface area contributed by atoms with E-state index in [2.05, 4.69) is 5.32 Å². The van der Waals surface area contributed by atoms with Crippen LogP contribution in [0.2, 0.25) is 0 Å². The minimum Gasteiger partial charge on any atom is -0.376 e. The lowest BCUT2D eigenvalue weighted by Crippen LogP contribution is -2.28. The Morgan fingerprint density at radius 2 is 2.40 bits per heavy atom. The minimum absolute atomic E-state index is 0.111. The zero-order valence-corrected chi connectivity index (χ0v) is 5.86. The zero-order valence-electron chi connectivity index (χ0n) is 5.86. The highest BCUT2D eigenvalue weighted by Gasteiger charge is 2.04. The maximum atomic E-state index is 8.78. The summed E-state index contributed by atoms with van der Waals surface area (Å²) in [5, 5.41) is 11.8. The average molecular weight is 139 g/mol. The fraction of sp³-hybridized carbons (Fsp3) is 0.286. The van der Waals surface area contributed by atoms with E-state index >= 15 is 0 Å². The molecule has 10 heavy (non-hydrogen) atoms. The molecular weight excluding hydrogens is 128 g/mol. The van der Waals surface area contributed by atoms with Crippen LogP contribution in [0.3, 0.4) is 0 Å². The number of hydrogen-bond acceptors (Lipinski definition) is 2. The van der Waals surface area contributed by atoms with Crippen LogP contribution in [0.1, 0.15) is 0 Å². The van der Waals surface area contributed by atoms with Crippen LogP contribution in [0.4, 0.5) is 0 Å². The molecule has 0 aromatic carbocycles. The fourth-order valence-electron chi connectivity index (χ4n) is 0.787. The van der Waals surface area contributed by atoms with Gasteiger partial charge in [-0.15, -0.1) is 0 Å². The van der Waals surface area contributed by atoms with Crippen LogP contribution < -0.4 is 5.32 Å². The van der Waals surface area contributed by atoms with E-state index in [1.165, 1.54) is 0 Å². The van der Waals surface area contributed by atoms with Crippen molar-refractivity contribution in [1.29, 1.82) is 0 Å². The maximum Gasteiger partial charge on any atom is 0.218 e. The Bertz CT molecular complexity index is 190. The normalized spacial score (nSPS) is 24.5. The molecule has 3 nitrogen and oxygen atoms in total. The Morgan fingerprint density at radius 1 is 1.60 bits per heavy atom. The topological polar surface area (TPSA) is 35.3 Å². The van der Waals surface area contributed by atoms with Gasteiger partial charge in [0.05, 0.1) is 0 Å². The molecule has 0 aromatic heterocycles. The van der Waals surface area contributed by atoms with Gasteiger partial charge in [0.2, 0.25) is 6.21 Å². The Balaban J connectivity index is 2.52. The summed E-state index contributed by atoms with van der Waals surface area (Å²) in [7, 11) is 1.58. The van der Waals surface area contributed by atoms with Gasteiger partial charge in [0.1, 0.15) is 6.04 Å². The molecule has 0 aliphatic carbocycles. The van der Waals surface area contributed by atoms with Crippen LogP contribution in [0, 0.1) is 0 Å². The standard InChI is InChI=1S/C7H11N2O/c1-9(10)6-7-4-2-3-5-8-7/h2-8,10H,1H3/q+1. The van der Waals surface area contributed by atoms with Crippen LogP contribution in [-0.2, 0) is 0 Å². The number of hydrogen-bond donors (Lipinski definition) is 2. The molecule has 0 radical (unpaired) electrons. The second-order valence-corrected chi connectivity index (χ2v) is 2.16. The summed E-state index contributed by atoms with van der Waals surface area (Å²) in [6.07, 6.45) is 9.29. The van der Waals surface area contributed by atoms with Crippen molar-refractivity contribution in [2.45, 2.75) is 6.04 Å². The van der Waals surface area contributed by atoms with E-state index in [1.54, 1.807) is 13.3 Å². The number of hydroxylamine groups is 1. The quantitative estimate of drug-likeness (QED) is 0.234. The van der Waals surface area contributed by atoms with Gasteiger partial charge in [-0.1, -0.05) is 12.2 Å².